The van der Waals surface area contributed by atoms with Gasteiger partial charge in [0.25, 0.3) is 0 Å². The van der Waals surface area contributed by atoms with Gasteiger partial charge in [-0.2, -0.15) is 5.10 Å². The third-order valence-corrected chi connectivity index (χ3v) is 3.17. The van der Waals surface area contributed by atoms with Gasteiger partial charge in [-0.1, -0.05) is 30.7 Å². The van der Waals surface area contributed by atoms with E-state index in [2.05, 4.69) is 23.4 Å². The third-order valence-electron chi connectivity index (χ3n) is 2.94. The Morgan fingerprint density at radius 3 is 2.83 bits per heavy atom. The summed E-state index contributed by atoms with van der Waals surface area (Å²) in [5, 5.41) is 8.54. The van der Waals surface area contributed by atoms with Crippen molar-refractivity contribution in [3.63, 3.8) is 0 Å². The Kier molecular flexibility index (Phi) is 4.39. The van der Waals surface area contributed by atoms with Gasteiger partial charge in [0, 0.05) is 18.3 Å². The lowest BCUT2D eigenvalue weighted by Crippen LogP contribution is -2.25. The van der Waals surface area contributed by atoms with Gasteiger partial charge in [-0.3, -0.25) is 4.68 Å². The van der Waals surface area contributed by atoms with E-state index in [1.165, 1.54) is 5.56 Å². The van der Waals surface area contributed by atoms with Crippen LogP contribution in [0.3, 0.4) is 0 Å². The van der Waals surface area contributed by atoms with Crippen LogP contribution >= 0.6 is 11.6 Å². The van der Waals surface area contributed by atoms with Crippen LogP contribution in [0.4, 0.5) is 0 Å². The molecule has 0 bridgehead atoms. The maximum absolute atomic E-state index is 6.07. The molecule has 0 aliphatic rings. The lowest BCUT2D eigenvalue weighted by Gasteiger charge is -2.19. The Morgan fingerprint density at radius 1 is 1.39 bits per heavy atom. The normalized spacial score (nSPS) is 12.6. The molecule has 2 aromatic rings. The highest BCUT2D eigenvalue weighted by atomic mass is 35.5. The highest BCUT2D eigenvalue weighted by Gasteiger charge is 2.16. The van der Waals surface area contributed by atoms with Crippen LogP contribution in [0, 0.1) is 0 Å². The third kappa shape index (κ3) is 2.92. The van der Waals surface area contributed by atoms with Gasteiger partial charge < -0.3 is 5.32 Å². The molecule has 18 heavy (non-hydrogen) atoms. The summed E-state index contributed by atoms with van der Waals surface area (Å²) in [6.07, 6.45) is 2.91. The summed E-state index contributed by atoms with van der Waals surface area (Å²) in [5.74, 6) is 0. The molecule has 4 heteroatoms. The number of aromatic nitrogens is 2. The quantitative estimate of drug-likeness (QED) is 0.898. The van der Waals surface area contributed by atoms with E-state index in [0.29, 0.717) is 0 Å². The zero-order valence-electron chi connectivity index (χ0n) is 10.7. The smallest absolute Gasteiger partial charge is 0.0748 e. The summed E-state index contributed by atoms with van der Waals surface area (Å²) in [4.78, 5) is 0. The minimum absolute atomic E-state index is 0.135. The molecule has 1 heterocycles. The predicted octanol–water partition coefficient (Wildman–Crippen LogP) is 3.16. The van der Waals surface area contributed by atoms with Crippen LogP contribution in [0.1, 0.15) is 30.6 Å². The fourth-order valence-corrected chi connectivity index (χ4v) is 2.23. The van der Waals surface area contributed by atoms with Gasteiger partial charge in [-0.05, 0) is 36.7 Å². The van der Waals surface area contributed by atoms with Crippen molar-refractivity contribution < 1.29 is 0 Å². The maximum atomic E-state index is 6.07. The lowest BCUT2D eigenvalue weighted by atomic mass is 10.0. The fourth-order valence-electron chi connectivity index (χ4n) is 2.04. The molecule has 0 saturated heterocycles. The van der Waals surface area contributed by atoms with Crippen molar-refractivity contribution in [2.75, 3.05) is 6.54 Å². The molecule has 1 unspecified atom stereocenters. The molecule has 1 N–H and O–H groups in total. The Labute approximate surface area is 113 Å². The molecule has 1 aromatic heterocycles. The molecule has 0 aliphatic carbocycles. The number of hydrogen-bond acceptors (Lipinski definition) is 2. The number of rotatable bonds is 5. The van der Waals surface area contributed by atoms with Crippen LogP contribution in [0.2, 0.25) is 5.02 Å². The summed E-state index contributed by atoms with van der Waals surface area (Å²) in [6, 6.07) is 10.1. The van der Waals surface area contributed by atoms with Crippen molar-refractivity contribution in [2.45, 2.75) is 19.4 Å². The molecule has 2 rings (SSSR count). The molecule has 0 radical (unpaired) electrons. The van der Waals surface area contributed by atoms with E-state index in [0.717, 1.165) is 23.7 Å². The van der Waals surface area contributed by atoms with Gasteiger partial charge in [0.1, 0.15) is 0 Å². The minimum atomic E-state index is 0.135. The monoisotopic (exact) mass is 263 g/mol. The zero-order valence-corrected chi connectivity index (χ0v) is 11.5. The molecule has 0 aliphatic heterocycles. The summed E-state index contributed by atoms with van der Waals surface area (Å²) in [6.45, 7) is 3.12. The zero-order chi connectivity index (χ0) is 13.0. The van der Waals surface area contributed by atoms with Crippen molar-refractivity contribution in [1.82, 2.24) is 15.1 Å². The van der Waals surface area contributed by atoms with Crippen molar-refractivity contribution in [2.24, 2.45) is 7.05 Å². The van der Waals surface area contributed by atoms with Gasteiger partial charge in [0.15, 0.2) is 0 Å². The SMILES string of the molecule is CCCNC(c1cccc(Cl)c1)c1ccnn1C. The molecule has 0 amide bonds. The first kappa shape index (κ1) is 13.1. The van der Waals surface area contributed by atoms with E-state index < -0.39 is 0 Å². The molecule has 0 fully saturated rings. The van der Waals surface area contributed by atoms with Crippen LogP contribution in [-0.4, -0.2) is 16.3 Å². The molecular weight excluding hydrogens is 246 g/mol. The number of nitrogens with one attached hydrogen (secondary N) is 1. The molecule has 0 spiro atoms. The highest BCUT2D eigenvalue weighted by Crippen LogP contribution is 2.23. The first-order valence-electron chi connectivity index (χ1n) is 6.19. The number of benzene rings is 1. The molecule has 0 saturated carbocycles. The minimum Gasteiger partial charge on any atom is -0.305 e. The molecule has 96 valence electrons. The summed E-state index contributed by atoms with van der Waals surface area (Å²) in [5.41, 5.74) is 2.31. The fraction of sp³-hybridized carbons (Fsp3) is 0.357. The predicted molar refractivity (Wildman–Crippen MR) is 74.8 cm³/mol. The number of aryl methyl sites for hydroxylation is 1. The van der Waals surface area contributed by atoms with E-state index in [9.17, 15) is 0 Å². The van der Waals surface area contributed by atoms with Crippen LogP contribution in [0.5, 0.6) is 0 Å². The molecular formula is C14H18ClN3. The van der Waals surface area contributed by atoms with E-state index in [1.54, 1.807) is 0 Å². The average molecular weight is 264 g/mol. The van der Waals surface area contributed by atoms with Gasteiger partial charge in [-0.25, -0.2) is 0 Å². The number of halogens is 1. The lowest BCUT2D eigenvalue weighted by molar-refractivity contribution is 0.553. The summed E-state index contributed by atoms with van der Waals surface area (Å²) < 4.78 is 1.90. The van der Waals surface area contributed by atoms with Crippen molar-refractivity contribution in [3.05, 3.63) is 52.8 Å². The van der Waals surface area contributed by atoms with E-state index in [-0.39, 0.29) is 6.04 Å². The maximum Gasteiger partial charge on any atom is 0.0748 e. The van der Waals surface area contributed by atoms with E-state index in [4.69, 9.17) is 11.6 Å². The van der Waals surface area contributed by atoms with Crippen LogP contribution in [-0.2, 0) is 7.05 Å². The molecule has 3 nitrogen and oxygen atoms in total. The van der Waals surface area contributed by atoms with Crippen molar-refractivity contribution >= 4 is 11.6 Å². The number of hydrogen-bond donors (Lipinski definition) is 1. The Hall–Kier alpha value is -1.32. The van der Waals surface area contributed by atoms with Crippen LogP contribution in [0.15, 0.2) is 36.5 Å². The highest BCUT2D eigenvalue weighted by molar-refractivity contribution is 6.30. The van der Waals surface area contributed by atoms with Crippen LogP contribution < -0.4 is 5.32 Å². The number of nitrogens with zero attached hydrogens (tertiary/aromatic N) is 2. The standard InChI is InChI=1S/C14H18ClN3/c1-3-8-16-14(13-7-9-17-18(13)2)11-5-4-6-12(15)10-11/h4-7,9-10,14,16H,3,8H2,1-2H3. The second kappa shape index (κ2) is 6.03. The summed E-state index contributed by atoms with van der Waals surface area (Å²) >= 11 is 6.07. The van der Waals surface area contributed by atoms with Gasteiger partial charge in [0.05, 0.1) is 11.7 Å². The first-order chi connectivity index (χ1) is 8.72. The second-order valence-electron chi connectivity index (χ2n) is 4.32. The molecule has 1 atom stereocenters. The topological polar surface area (TPSA) is 29.9 Å². The van der Waals surface area contributed by atoms with Gasteiger partial charge >= 0.3 is 0 Å². The Bertz CT molecular complexity index is 507. The van der Waals surface area contributed by atoms with Crippen molar-refractivity contribution in [3.8, 4) is 0 Å². The van der Waals surface area contributed by atoms with E-state index >= 15 is 0 Å². The average Bonchev–Trinajstić information content (AvgIpc) is 2.77. The van der Waals surface area contributed by atoms with E-state index in [1.807, 2.05) is 42.2 Å². The Balaban J connectivity index is 2.33. The van der Waals surface area contributed by atoms with Gasteiger partial charge in [-0.15, -0.1) is 0 Å². The largest absolute Gasteiger partial charge is 0.305 e. The Morgan fingerprint density at radius 2 is 2.22 bits per heavy atom. The summed E-state index contributed by atoms with van der Waals surface area (Å²) in [7, 11) is 1.96. The second-order valence-corrected chi connectivity index (χ2v) is 4.76. The molecule has 1 aromatic carbocycles. The van der Waals surface area contributed by atoms with Crippen LogP contribution in [0.25, 0.3) is 0 Å². The van der Waals surface area contributed by atoms with Crippen molar-refractivity contribution in [1.29, 1.82) is 0 Å². The first-order valence-corrected chi connectivity index (χ1v) is 6.57. The van der Waals surface area contributed by atoms with Gasteiger partial charge in [0.2, 0.25) is 0 Å².